The van der Waals surface area contributed by atoms with Crippen LogP contribution in [0.25, 0.3) is 0 Å². The highest BCUT2D eigenvalue weighted by Gasteiger charge is 2.43. The summed E-state index contributed by atoms with van der Waals surface area (Å²) in [5.74, 6) is 0.0525. The van der Waals surface area contributed by atoms with Gasteiger partial charge in [0, 0.05) is 26.1 Å². The number of carbonyl (C=O) groups is 1. The Morgan fingerprint density at radius 3 is 2.50 bits per heavy atom. The molecule has 18 heavy (non-hydrogen) atoms. The van der Waals surface area contributed by atoms with Crippen molar-refractivity contribution >= 4 is 15.9 Å². The predicted molar refractivity (Wildman–Crippen MR) is 64.9 cm³/mol. The van der Waals surface area contributed by atoms with Crippen molar-refractivity contribution in [3.63, 3.8) is 0 Å². The van der Waals surface area contributed by atoms with Crippen molar-refractivity contribution in [1.82, 2.24) is 9.62 Å². The van der Waals surface area contributed by atoms with Crippen LogP contribution in [0.2, 0.25) is 0 Å². The van der Waals surface area contributed by atoms with Gasteiger partial charge in [-0.2, -0.15) is 5.26 Å². The summed E-state index contributed by atoms with van der Waals surface area (Å²) >= 11 is 0. The van der Waals surface area contributed by atoms with Crippen LogP contribution in [0.4, 0.5) is 0 Å². The molecule has 1 N–H and O–H groups in total. The van der Waals surface area contributed by atoms with Crippen LogP contribution >= 0.6 is 0 Å². The second-order valence-electron chi connectivity index (χ2n) is 5.17. The topological polar surface area (TPSA) is 90.3 Å². The van der Waals surface area contributed by atoms with E-state index in [-0.39, 0.29) is 11.3 Å². The molecular formula is C11H17N3O3S. The first-order valence-electron chi connectivity index (χ1n) is 6.05. The quantitative estimate of drug-likeness (QED) is 0.755. The predicted octanol–water partition coefficient (Wildman–Crippen LogP) is -0.170. The molecule has 2 aliphatic rings. The van der Waals surface area contributed by atoms with Crippen molar-refractivity contribution < 1.29 is 13.2 Å². The number of nitrogens with zero attached hydrogens (tertiary/aromatic N) is 2. The molecule has 0 aromatic carbocycles. The van der Waals surface area contributed by atoms with Gasteiger partial charge in [-0.15, -0.1) is 0 Å². The van der Waals surface area contributed by atoms with Crippen LogP contribution in [0.15, 0.2) is 0 Å². The fourth-order valence-corrected chi connectivity index (χ4v) is 3.88. The molecule has 1 unspecified atom stereocenters. The highest BCUT2D eigenvalue weighted by Crippen LogP contribution is 2.38. The lowest BCUT2D eigenvalue weighted by atomic mass is 9.78. The Labute approximate surface area is 107 Å². The minimum absolute atomic E-state index is 0.0525. The molecule has 0 aromatic rings. The fraction of sp³-hybridized carbons (Fsp3) is 0.818. The molecule has 0 bridgehead atoms. The Bertz CT molecular complexity index is 486. The number of carbonyl (C=O) groups excluding carboxylic acids is 1. The molecule has 2 rings (SSSR count). The Balaban J connectivity index is 2.03. The molecule has 6 nitrogen and oxygen atoms in total. The van der Waals surface area contributed by atoms with Gasteiger partial charge in [0.05, 0.1) is 6.07 Å². The number of nitriles is 1. The summed E-state index contributed by atoms with van der Waals surface area (Å²) in [5, 5.41) is 10.5. The van der Waals surface area contributed by atoms with Crippen molar-refractivity contribution in [2.75, 3.05) is 19.6 Å². The lowest BCUT2D eigenvalue weighted by molar-refractivity contribution is -0.119. The molecule has 2 saturated heterocycles. The number of hydrogen-bond donors (Lipinski definition) is 1. The number of piperidine rings is 1. The zero-order valence-electron chi connectivity index (χ0n) is 10.3. The average molecular weight is 271 g/mol. The van der Waals surface area contributed by atoms with Gasteiger partial charge in [0.2, 0.25) is 15.9 Å². The van der Waals surface area contributed by atoms with E-state index in [0.717, 1.165) is 0 Å². The van der Waals surface area contributed by atoms with Gasteiger partial charge in [0.1, 0.15) is 0 Å². The first kappa shape index (κ1) is 13.3. The molecule has 1 spiro atoms. The average Bonchev–Trinajstić information content (AvgIpc) is 2.70. The third-order valence-corrected chi connectivity index (χ3v) is 6.05. The molecule has 1 amide bonds. The highest BCUT2D eigenvalue weighted by molar-refractivity contribution is 7.89. The first-order chi connectivity index (χ1) is 8.39. The smallest absolute Gasteiger partial charge is 0.230 e. The molecular weight excluding hydrogens is 254 g/mol. The van der Waals surface area contributed by atoms with Crippen LogP contribution in [-0.2, 0) is 14.8 Å². The van der Waals surface area contributed by atoms with E-state index in [1.54, 1.807) is 6.07 Å². The maximum absolute atomic E-state index is 12.0. The van der Waals surface area contributed by atoms with Gasteiger partial charge >= 0.3 is 0 Å². The first-order valence-corrected chi connectivity index (χ1v) is 7.55. The molecule has 2 aliphatic heterocycles. The van der Waals surface area contributed by atoms with Crippen molar-refractivity contribution in [3.05, 3.63) is 0 Å². The summed E-state index contributed by atoms with van der Waals surface area (Å²) in [5.41, 5.74) is -0.0705. The van der Waals surface area contributed by atoms with Crippen LogP contribution in [0, 0.1) is 16.7 Å². The van der Waals surface area contributed by atoms with E-state index in [4.69, 9.17) is 5.26 Å². The second-order valence-corrected chi connectivity index (χ2v) is 7.42. The van der Waals surface area contributed by atoms with E-state index in [9.17, 15) is 13.2 Å². The number of rotatable bonds is 2. The van der Waals surface area contributed by atoms with Crippen molar-refractivity contribution in [3.8, 4) is 6.07 Å². The second kappa shape index (κ2) is 4.52. The standard InChI is InChI=1S/C11H17N3O3S/c1-9(7-12)18(16,17)14-4-2-11(3-5-14)6-10(15)13-8-11/h9H,2-6,8H2,1H3,(H,13,15). The normalized spacial score (nSPS) is 25.7. The fourth-order valence-electron chi connectivity index (χ4n) is 2.61. The number of nitrogens with one attached hydrogen (secondary N) is 1. The van der Waals surface area contributed by atoms with Crippen LogP contribution in [-0.4, -0.2) is 43.5 Å². The van der Waals surface area contributed by atoms with Gasteiger partial charge in [-0.05, 0) is 25.2 Å². The monoisotopic (exact) mass is 271 g/mol. The summed E-state index contributed by atoms with van der Waals surface area (Å²) in [6.45, 7) is 2.86. The Morgan fingerprint density at radius 1 is 1.44 bits per heavy atom. The number of sulfonamides is 1. The number of hydrogen-bond acceptors (Lipinski definition) is 4. The lowest BCUT2D eigenvalue weighted by Crippen LogP contribution is -2.46. The van der Waals surface area contributed by atoms with Crippen LogP contribution in [0.3, 0.4) is 0 Å². The zero-order valence-corrected chi connectivity index (χ0v) is 11.2. The van der Waals surface area contributed by atoms with Crippen LogP contribution in [0.1, 0.15) is 26.2 Å². The molecule has 2 fully saturated rings. The lowest BCUT2D eigenvalue weighted by Gasteiger charge is -2.37. The van der Waals surface area contributed by atoms with Crippen molar-refractivity contribution in [1.29, 1.82) is 5.26 Å². The van der Waals surface area contributed by atoms with E-state index >= 15 is 0 Å². The third-order valence-electron chi connectivity index (χ3n) is 3.97. The SMILES string of the molecule is CC(C#N)S(=O)(=O)N1CCC2(CC1)CNC(=O)C2. The van der Waals surface area contributed by atoms with Gasteiger partial charge in [-0.25, -0.2) is 12.7 Å². The van der Waals surface area contributed by atoms with Crippen molar-refractivity contribution in [2.45, 2.75) is 31.4 Å². The summed E-state index contributed by atoms with van der Waals surface area (Å²) in [7, 11) is -3.50. The van der Waals surface area contributed by atoms with Crippen molar-refractivity contribution in [2.24, 2.45) is 5.41 Å². The molecule has 7 heteroatoms. The van der Waals surface area contributed by atoms with Gasteiger partial charge in [-0.1, -0.05) is 0 Å². The summed E-state index contributed by atoms with van der Waals surface area (Å²) in [4.78, 5) is 11.3. The highest BCUT2D eigenvalue weighted by atomic mass is 32.2. The molecule has 0 aliphatic carbocycles. The van der Waals surface area contributed by atoms with Gasteiger partial charge < -0.3 is 5.32 Å². The summed E-state index contributed by atoms with van der Waals surface area (Å²) in [6.07, 6.45) is 1.86. The van der Waals surface area contributed by atoms with Crippen LogP contribution in [0.5, 0.6) is 0 Å². The maximum atomic E-state index is 12.0. The van der Waals surface area contributed by atoms with Gasteiger partial charge in [0.15, 0.2) is 5.25 Å². The Hall–Kier alpha value is -1.13. The molecule has 100 valence electrons. The van der Waals surface area contributed by atoms with Gasteiger partial charge in [0.25, 0.3) is 0 Å². The molecule has 0 saturated carbocycles. The molecule has 2 heterocycles. The van der Waals surface area contributed by atoms with E-state index in [0.29, 0.717) is 38.9 Å². The van der Waals surface area contributed by atoms with E-state index in [1.165, 1.54) is 11.2 Å². The maximum Gasteiger partial charge on any atom is 0.230 e. The van der Waals surface area contributed by atoms with Crippen LogP contribution < -0.4 is 5.32 Å². The minimum Gasteiger partial charge on any atom is -0.356 e. The Morgan fingerprint density at radius 2 is 2.06 bits per heavy atom. The minimum atomic E-state index is -3.50. The zero-order chi connectivity index (χ0) is 13.4. The Kier molecular flexibility index (Phi) is 3.34. The summed E-state index contributed by atoms with van der Waals surface area (Å²) < 4.78 is 25.4. The molecule has 0 radical (unpaired) electrons. The number of amides is 1. The summed E-state index contributed by atoms with van der Waals surface area (Å²) in [6, 6.07) is 1.77. The van der Waals surface area contributed by atoms with E-state index < -0.39 is 15.3 Å². The largest absolute Gasteiger partial charge is 0.356 e. The molecule has 1 atom stereocenters. The van der Waals surface area contributed by atoms with E-state index in [1.807, 2.05) is 0 Å². The van der Waals surface area contributed by atoms with E-state index in [2.05, 4.69) is 5.32 Å². The third kappa shape index (κ3) is 2.22. The van der Waals surface area contributed by atoms with Gasteiger partial charge in [-0.3, -0.25) is 4.79 Å². The molecule has 0 aromatic heterocycles.